The molecule has 1 N–H and O–H groups in total. The number of aromatic nitrogens is 6. The molecular formula is C15H22N8S2. The Labute approximate surface area is 154 Å². The van der Waals surface area contributed by atoms with Crippen molar-refractivity contribution in [1.29, 1.82) is 0 Å². The minimum absolute atomic E-state index is 0.175. The highest BCUT2D eigenvalue weighted by Gasteiger charge is 2.26. The molecule has 0 saturated heterocycles. The van der Waals surface area contributed by atoms with Gasteiger partial charge in [0.2, 0.25) is 0 Å². The van der Waals surface area contributed by atoms with E-state index in [0.29, 0.717) is 10.8 Å². The summed E-state index contributed by atoms with van der Waals surface area (Å²) in [6.45, 7) is 12.5. The van der Waals surface area contributed by atoms with Crippen LogP contribution < -0.4 is 0 Å². The van der Waals surface area contributed by atoms with Crippen LogP contribution in [0.5, 0.6) is 0 Å². The number of aromatic amines is 1. The fourth-order valence-electron chi connectivity index (χ4n) is 2.21. The predicted molar refractivity (Wildman–Crippen MR) is 101 cm³/mol. The van der Waals surface area contributed by atoms with Crippen LogP contribution in [0.1, 0.15) is 59.0 Å². The number of nitrogens with zero attached hydrogens (tertiary/aromatic N) is 7. The van der Waals surface area contributed by atoms with Gasteiger partial charge in [-0.3, -0.25) is 0 Å². The summed E-state index contributed by atoms with van der Waals surface area (Å²) in [5.74, 6) is 2.11. The highest BCUT2D eigenvalue weighted by Crippen LogP contribution is 2.36. The smallest absolute Gasteiger partial charge is 0.252 e. The molecule has 0 fully saturated rings. The molecule has 0 amide bonds. The average Bonchev–Trinajstić information content (AvgIpc) is 3.18. The molecule has 3 rings (SSSR count). The lowest BCUT2D eigenvalue weighted by Gasteiger charge is -2.15. The van der Waals surface area contributed by atoms with Crippen molar-refractivity contribution < 1.29 is 0 Å². The number of H-pyrrole nitrogens is 1. The molecule has 0 radical (unpaired) electrons. The van der Waals surface area contributed by atoms with Gasteiger partial charge in [-0.1, -0.05) is 64.6 Å². The number of rotatable bonds is 5. The summed E-state index contributed by atoms with van der Waals surface area (Å²) in [4.78, 5) is 3.32. The lowest BCUT2D eigenvalue weighted by atomic mass is 9.91. The number of hydrogen-bond donors (Lipinski definition) is 1. The zero-order valence-electron chi connectivity index (χ0n) is 15.2. The van der Waals surface area contributed by atoms with Crippen LogP contribution in [-0.4, -0.2) is 35.8 Å². The van der Waals surface area contributed by atoms with E-state index < -0.39 is 0 Å². The van der Waals surface area contributed by atoms with Gasteiger partial charge in [-0.05, 0) is 5.75 Å². The summed E-state index contributed by atoms with van der Waals surface area (Å²) in [5.41, 5.74) is 2.13. The Bertz CT molecular complexity index is 897. The highest BCUT2D eigenvalue weighted by molar-refractivity contribution is 8.01. The Balaban J connectivity index is 2.03. The van der Waals surface area contributed by atoms with Gasteiger partial charge in [-0.25, -0.2) is 0 Å². The third-order valence-electron chi connectivity index (χ3n) is 3.45. The maximum absolute atomic E-state index is 4.62. The van der Waals surface area contributed by atoms with E-state index in [4.69, 9.17) is 0 Å². The molecular weight excluding hydrogens is 356 g/mol. The van der Waals surface area contributed by atoms with Crippen molar-refractivity contribution in [2.45, 2.75) is 57.2 Å². The minimum Gasteiger partial charge on any atom is -0.323 e. The maximum atomic E-state index is 4.62. The Hall–Kier alpha value is -1.81. The Kier molecular flexibility index (Phi) is 4.92. The van der Waals surface area contributed by atoms with Crippen LogP contribution in [0.2, 0.25) is 0 Å². The molecule has 3 heterocycles. The standard InChI is InChI=1S/C15H22N8S2/c1-7-24-14-20-19-13(25-14)18-17-9-10(15(4,5)6)21-23-12(9)16-11(22-23)8(2)3/h8H,7H2,1-6H3,(H,16,22)/b18-17+. The summed E-state index contributed by atoms with van der Waals surface area (Å²) in [6, 6.07) is 0. The summed E-state index contributed by atoms with van der Waals surface area (Å²) >= 11 is 3.08. The van der Waals surface area contributed by atoms with Gasteiger partial charge in [-0.2, -0.15) is 5.10 Å². The van der Waals surface area contributed by atoms with E-state index in [1.807, 2.05) is 0 Å². The zero-order chi connectivity index (χ0) is 18.2. The molecule has 0 bridgehead atoms. The van der Waals surface area contributed by atoms with E-state index in [1.54, 1.807) is 16.4 Å². The summed E-state index contributed by atoms with van der Waals surface area (Å²) in [6.07, 6.45) is 0. The normalized spacial score (nSPS) is 12.9. The summed E-state index contributed by atoms with van der Waals surface area (Å²) < 4.78 is 2.51. The van der Waals surface area contributed by atoms with Crippen LogP contribution >= 0.6 is 23.1 Å². The zero-order valence-corrected chi connectivity index (χ0v) is 16.9. The van der Waals surface area contributed by atoms with Crippen molar-refractivity contribution in [3.8, 4) is 0 Å². The third kappa shape index (κ3) is 3.74. The van der Waals surface area contributed by atoms with Crippen molar-refractivity contribution in [1.82, 2.24) is 30.0 Å². The van der Waals surface area contributed by atoms with Crippen LogP contribution in [0.3, 0.4) is 0 Å². The van der Waals surface area contributed by atoms with E-state index >= 15 is 0 Å². The first kappa shape index (κ1) is 18.0. The Morgan fingerprint density at radius 2 is 1.96 bits per heavy atom. The largest absolute Gasteiger partial charge is 0.323 e. The Morgan fingerprint density at radius 1 is 1.20 bits per heavy atom. The van der Waals surface area contributed by atoms with Gasteiger partial charge >= 0.3 is 0 Å². The fraction of sp³-hybridized carbons (Fsp3) is 0.600. The van der Waals surface area contributed by atoms with Gasteiger partial charge in [-0.15, -0.1) is 30.2 Å². The van der Waals surface area contributed by atoms with Crippen molar-refractivity contribution in [2.75, 3.05) is 5.75 Å². The SMILES string of the molecule is CCSc1nnc(/N=N/c2c(C(C)(C)C)nn3nc(C(C)C)[nH]c23)s1. The number of fused-ring (bicyclic) bond motifs is 1. The van der Waals surface area contributed by atoms with E-state index in [1.165, 1.54) is 11.3 Å². The quantitative estimate of drug-likeness (QED) is 0.505. The summed E-state index contributed by atoms with van der Waals surface area (Å²) in [7, 11) is 0. The van der Waals surface area contributed by atoms with Crippen LogP contribution in [0, 0.1) is 0 Å². The van der Waals surface area contributed by atoms with Crippen molar-refractivity contribution >= 4 is 39.6 Å². The van der Waals surface area contributed by atoms with Crippen molar-refractivity contribution in [3.05, 3.63) is 11.5 Å². The molecule has 0 saturated carbocycles. The predicted octanol–water partition coefficient (Wildman–Crippen LogP) is 4.86. The second-order valence-electron chi connectivity index (χ2n) is 6.93. The van der Waals surface area contributed by atoms with Crippen LogP contribution in [0.4, 0.5) is 10.8 Å². The van der Waals surface area contributed by atoms with E-state index in [-0.39, 0.29) is 11.3 Å². The molecule has 0 unspecified atom stereocenters. The van der Waals surface area contributed by atoms with Crippen molar-refractivity contribution in [3.63, 3.8) is 0 Å². The summed E-state index contributed by atoms with van der Waals surface area (Å²) in [5, 5.41) is 26.6. The number of nitrogens with one attached hydrogen (secondary N) is 1. The van der Waals surface area contributed by atoms with Gasteiger partial charge in [0.05, 0.1) is 5.69 Å². The number of azo groups is 1. The third-order valence-corrected chi connectivity index (χ3v) is 5.27. The topological polar surface area (TPSA) is 96.5 Å². The highest BCUT2D eigenvalue weighted by atomic mass is 32.2. The number of thioether (sulfide) groups is 1. The maximum Gasteiger partial charge on any atom is 0.252 e. The lowest BCUT2D eigenvalue weighted by molar-refractivity contribution is 0.555. The van der Waals surface area contributed by atoms with Gasteiger partial charge in [0.15, 0.2) is 15.7 Å². The fourth-order valence-corrected chi connectivity index (χ4v) is 3.77. The molecule has 10 heteroatoms. The first-order valence-electron chi connectivity index (χ1n) is 8.17. The van der Waals surface area contributed by atoms with Gasteiger partial charge in [0.1, 0.15) is 5.82 Å². The average molecular weight is 379 g/mol. The molecule has 0 aliphatic rings. The molecule has 3 aromatic heterocycles. The van der Waals surface area contributed by atoms with Crippen LogP contribution in [0.15, 0.2) is 14.6 Å². The first-order chi connectivity index (χ1) is 11.8. The molecule has 3 aromatic rings. The molecule has 0 aliphatic heterocycles. The van der Waals surface area contributed by atoms with Crippen LogP contribution in [0.25, 0.3) is 5.65 Å². The second-order valence-corrected chi connectivity index (χ2v) is 9.40. The molecule has 134 valence electrons. The molecule has 0 atom stereocenters. The molecule has 0 aromatic carbocycles. The van der Waals surface area contributed by atoms with E-state index in [9.17, 15) is 0 Å². The van der Waals surface area contributed by atoms with Crippen molar-refractivity contribution in [2.24, 2.45) is 10.2 Å². The monoisotopic (exact) mass is 378 g/mol. The molecule has 8 nitrogen and oxygen atoms in total. The van der Waals surface area contributed by atoms with Crippen LogP contribution in [-0.2, 0) is 5.41 Å². The van der Waals surface area contributed by atoms with E-state index in [2.05, 4.69) is 77.1 Å². The van der Waals surface area contributed by atoms with Gasteiger partial charge < -0.3 is 4.98 Å². The molecule has 25 heavy (non-hydrogen) atoms. The van der Waals surface area contributed by atoms with E-state index in [0.717, 1.165) is 27.3 Å². The molecule has 0 aliphatic carbocycles. The van der Waals surface area contributed by atoms with Gasteiger partial charge in [0.25, 0.3) is 5.13 Å². The van der Waals surface area contributed by atoms with Gasteiger partial charge in [0, 0.05) is 11.3 Å². The number of hydrogen-bond acceptors (Lipinski definition) is 8. The second kappa shape index (κ2) is 6.83. The Morgan fingerprint density at radius 3 is 2.60 bits per heavy atom. The minimum atomic E-state index is -0.175. The lowest BCUT2D eigenvalue weighted by Crippen LogP contribution is -2.12. The molecule has 0 spiro atoms. The first-order valence-corrected chi connectivity index (χ1v) is 9.97.